The molecule has 0 saturated carbocycles. The van der Waals surface area contributed by atoms with Crippen LogP contribution in [0, 0.1) is 0 Å². The minimum absolute atomic E-state index is 0.764. The van der Waals surface area contributed by atoms with Crippen LogP contribution in [0.15, 0.2) is 23.1 Å². The molecule has 0 aromatic carbocycles. The molecule has 2 aromatic rings. The first kappa shape index (κ1) is 8.29. The van der Waals surface area contributed by atoms with Crippen molar-refractivity contribution in [1.82, 2.24) is 9.97 Å². The Bertz CT molecular complexity index is 363. The van der Waals surface area contributed by atoms with Crippen molar-refractivity contribution in [3.63, 3.8) is 0 Å². The number of nitrogens with one attached hydrogen (secondary N) is 1. The summed E-state index contributed by atoms with van der Waals surface area (Å²) in [6.07, 6.45) is 3.42. The molecule has 0 amide bonds. The van der Waals surface area contributed by atoms with E-state index >= 15 is 0 Å². The number of rotatable bonds is 1. The zero-order valence-corrected chi connectivity index (χ0v) is 9.00. The lowest BCUT2D eigenvalue weighted by molar-refractivity contribution is 1.32. The molecule has 0 fully saturated rings. The lowest BCUT2D eigenvalue weighted by Gasteiger charge is -1.85. The van der Waals surface area contributed by atoms with Gasteiger partial charge in [-0.25, -0.2) is 4.98 Å². The van der Waals surface area contributed by atoms with Crippen LogP contribution in [0.3, 0.4) is 0 Å². The highest BCUT2D eigenvalue weighted by Gasteiger charge is 2.06. The van der Waals surface area contributed by atoms with Gasteiger partial charge in [0.15, 0.2) is 0 Å². The Morgan fingerprint density at radius 3 is 2.92 bits per heavy atom. The van der Waals surface area contributed by atoms with Crippen LogP contribution in [-0.4, -0.2) is 9.97 Å². The summed E-state index contributed by atoms with van der Waals surface area (Å²) in [5.74, 6) is 0. The van der Waals surface area contributed by atoms with Crippen LogP contribution in [0.2, 0.25) is 4.34 Å². The van der Waals surface area contributed by atoms with Gasteiger partial charge in [0, 0.05) is 4.47 Å². The second-order valence-electron chi connectivity index (χ2n) is 2.20. The van der Waals surface area contributed by atoms with Crippen molar-refractivity contribution in [2.45, 2.75) is 0 Å². The third-order valence-corrected chi connectivity index (χ3v) is 3.92. The molecule has 2 nitrogen and oxygen atoms in total. The van der Waals surface area contributed by atoms with E-state index in [4.69, 9.17) is 11.6 Å². The molecule has 12 heavy (non-hydrogen) atoms. The Labute approximate surface area is 86.7 Å². The molecule has 2 rings (SSSR count). The quantitative estimate of drug-likeness (QED) is 0.837. The van der Waals surface area contributed by atoms with Crippen molar-refractivity contribution in [3.05, 3.63) is 27.4 Å². The first-order valence-corrected chi connectivity index (χ1v) is 5.19. The number of aromatic amines is 1. The highest BCUT2D eigenvalue weighted by atomic mass is 79.9. The molecule has 2 heterocycles. The van der Waals surface area contributed by atoms with Gasteiger partial charge in [-0.3, -0.25) is 0 Å². The molecule has 0 atom stereocenters. The average Bonchev–Trinajstić information content (AvgIpc) is 2.61. The normalized spacial score (nSPS) is 10.5. The highest BCUT2D eigenvalue weighted by Crippen LogP contribution is 2.36. The summed E-state index contributed by atoms with van der Waals surface area (Å²) in [7, 11) is 0. The second kappa shape index (κ2) is 3.20. The molecule has 0 aliphatic rings. The van der Waals surface area contributed by atoms with Gasteiger partial charge in [-0.15, -0.1) is 11.3 Å². The molecule has 0 bridgehead atoms. The van der Waals surface area contributed by atoms with Gasteiger partial charge in [0.1, 0.15) is 4.34 Å². The number of aromatic nitrogens is 2. The maximum absolute atomic E-state index is 5.88. The van der Waals surface area contributed by atoms with Gasteiger partial charge in [0.25, 0.3) is 0 Å². The summed E-state index contributed by atoms with van der Waals surface area (Å²) in [4.78, 5) is 8.03. The summed E-state index contributed by atoms with van der Waals surface area (Å²) in [6.45, 7) is 0. The topological polar surface area (TPSA) is 28.7 Å². The van der Waals surface area contributed by atoms with E-state index in [0.29, 0.717) is 0 Å². The monoisotopic (exact) mass is 262 g/mol. The summed E-state index contributed by atoms with van der Waals surface area (Å²) in [5, 5.41) is 0. The van der Waals surface area contributed by atoms with Crippen LogP contribution >= 0.6 is 38.9 Å². The van der Waals surface area contributed by atoms with Gasteiger partial charge >= 0.3 is 0 Å². The molecule has 0 aliphatic heterocycles. The van der Waals surface area contributed by atoms with Gasteiger partial charge in [0.05, 0.1) is 23.1 Å². The number of nitrogens with zero attached hydrogens (tertiary/aromatic N) is 1. The van der Waals surface area contributed by atoms with Crippen molar-refractivity contribution >= 4 is 38.9 Å². The van der Waals surface area contributed by atoms with Crippen molar-refractivity contribution in [2.75, 3.05) is 0 Å². The van der Waals surface area contributed by atoms with E-state index in [1.54, 1.807) is 12.5 Å². The molecule has 62 valence electrons. The predicted octanol–water partition coefficient (Wildman–Crippen LogP) is 3.55. The molecule has 1 N–H and O–H groups in total. The van der Waals surface area contributed by atoms with Crippen LogP contribution in [-0.2, 0) is 0 Å². The molecular formula is C7H4BrClN2S. The van der Waals surface area contributed by atoms with Crippen molar-refractivity contribution in [2.24, 2.45) is 0 Å². The lowest BCUT2D eigenvalue weighted by Crippen LogP contribution is -1.66. The van der Waals surface area contributed by atoms with E-state index in [2.05, 4.69) is 25.9 Å². The van der Waals surface area contributed by atoms with Gasteiger partial charge in [-0.1, -0.05) is 11.6 Å². The number of thiophene rings is 1. The maximum atomic E-state index is 5.88. The Kier molecular flexibility index (Phi) is 2.21. The van der Waals surface area contributed by atoms with Gasteiger partial charge < -0.3 is 4.98 Å². The molecule has 0 spiro atoms. The third-order valence-electron chi connectivity index (χ3n) is 1.41. The number of hydrogen-bond acceptors (Lipinski definition) is 2. The fraction of sp³-hybridized carbons (Fsp3) is 0. The summed E-state index contributed by atoms with van der Waals surface area (Å²) >= 11 is 10.7. The van der Waals surface area contributed by atoms with E-state index in [0.717, 1.165) is 19.4 Å². The van der Waals surface area contributed by atoms with Gasteiger partial charge in [0.2, 0.25) is 0 Å². The zero-order chi connectivity index (χ0) is 8.55. The molecular weight excluding hydrogens is 260 g/mol. The minimum atomic E-state index is 0.764. The summed E-state index contributed by atoms with van der Waals surface area (Å²) < 4.78 is 1.69. The standard InChI is InChI=1S/C7H4BrClN2S/c8-4-1-6(12-7(4)9)5-2-10-3-11-5/h1-3H,(H,10,11). The number of H-pyrrole nitrogens is 1. The second-order valence-corrected chi connectivity index (χ2v) is 4.71. The van der Waals surface area contributed by atoms with E-state index in [9.17, 15) is 0 Å². The van der Waals surface area contributed by atoms with Crippen molar-refractivity contribution in [3.8, 4) is 10.6 Å². The van der Waals surface area contributed by atoms with E-state index in [1.807, 2.05) is 6.07 Å². The number of hydrogen-bond donors (Lipinski definition) is 1. The SMILES string of the molecule is Clc1sc(-c2cnc[nH]2)cc1Br. The van der Waals surface area contributed by atoms with Crippen LogP contribution < -0.4 is 0 Å². The third kappa shape index (κ3) is 1.42. The van der Waals surface area contributed by atoms with Gasteiger partial charge in [-0.2, -0.15) is 0 Å². The predicted molar refractivity (Wildman–Crippen MR) is 54.6 cm³/mol. The Morgan fingerprint density at radius 1 is 1.58 bits per heavy atom. The van der Waals surface area contributed by atoms with E-state index < -0.39 is 0 Å². The molecule has 0 aliphatic carbocycles. The fourth-order valence-corrected chi connectivity index (χ4v) is 2.54. The van der Waals surface area contributed by atoms with Crippen LogP contribution in [0.5, 0.6) is 0 Å². The molecule has 0 radical (unpaired) electrons. The first-order valence-electron chi connectivity index (χ1n) is 3.21. The summed E-state index contributed by atoms with van der Waals surface area (Å²) in [6, 6.07) is 1.97. The minimum Gasteiger partial charge on any atom is -0.344 e. The van der Waals surface area contributed by atoms with E-state index in [-0.39, 0.29) is 0 Å². The van der Waals surface area contributed by atoms with Crippen LogP contribution in [0.1, 0.15) is 0 Å². The molecule has 5 heteroatoms. The first-order chi connectivity index (χ1) is 5.77. The Balaban J connectivity index is 2.48. The summed E-state index contributed by atoms with van der Waals surface area (Å²) in [5.41, 5.74) is 0.993. The largest absolute Gasteiger partial charge is 0.344 e. The molecule has 2 aromatic heterocycles. The zero-order valence-electron chi connectivity index (χ0n) is 5.84. The van der Waals surface area contributed by atoms with Gasteiger partial charge in [-0.05, 0) is 22.0 Å². The van der Waals surface area contributed by atoms with Crippen LogP contribution in [0.25, 0.3) is 10.6 Å². The Hall–Kier alpha value is -0.320. The molecule has 0 unspecified atom stereocenters. The van der Waals surface area contributed by atoms with Crippen molar-refractivity contribution in [1.29, 1.82) is 0 Å². The number of imidazole rings is 1. The van der Waals surface area contributed by atoms with E-state index in [1.165, 1.54) is 11.3 Å². The lowest BCUT2D eigenvalue weighted by atomic mass is 10.4. The highest BCUT2D eigenvalue weighted by molar-refractivity contribution is 9.10. The number of halogens is 2. The molecule has 0 saturated heterocycles. The fourth-order valence-electron chi connectivity index (χ4n) is 0.870. The maximum Gasteiger partial charge on any atom is 0.108 e. The smallest absolute Gasteiger partial charge is 0.108 e. The average molecular weight is 264 g/mol. The Morgan fingerprint density at radius 2 is 2.42 bits per heavy atom. The van der Waals surface area contributed by atoms with Crippen molar-refractivity contribution < 1.29 is 0 Å². The van der Waals surface area contributed by atoms with Crippen LogP contribution in [0.4, 0.5) is 0 Å².